The van der Waals surface area contributed by atoms with E-state index in [1.165, 1.54) is 0 Å². The summed E-state index contributed by atoms with van der Waals surface area (Å²) in [6, 6.07) is 0. The van der Waals surface area contributed by atoms with Gasteiger partial charge in [-0.05, 0) is 19.9 Å². The van der Waals surface area contributed by atoms with Gasteiger partial charge in [0.25, 0.3) is 0 Å². The fourth-order valence-corrected chi connectivity index (χ4v) is 0.519. The fraction of sp³-hybridized carbons (Fsp3) is 0.600. The topological polar surface area (TPSA) is 24.1 Å². The number of rotatable bonds is 0. The van der Waals surface area contributed by atoms with Crippen LogP contribution in [-0.2, 0) is 0 Å². The van der Waals surface area contributed by atoms with Crippen LogP contribution >= 0.6 is 0 Å². The highest BCUT2D eigenvalue weighted by Crippen LogP contribution is 2.04. The van der Waals surface area contributed by atoms with E-state index in [-0.39, 0.29) is 5.54 Å². The van der Waals surface area contributed by atoms with Gasteiger partial charge < -0.3 is 5.43 Å². The van der Waals surface area contributed by atoms with E-state index in [0.29, 0.717) is 0 Å². The minimum Gasteiger partial charge on any atom is -0.328 e. The molecule has 0 atom stereocenters. The molecule has 0 saturated heterocycles. The van der Waals surface area contributed by atoms with Crippen molar-refractivity contribution >= 4 is 0 Å². The standard InChI is InChI=1S/C5H10N2/c1-5(2)3-4-6-7-5/h3-4,6-7H,1-2H3. The van der Waals surface area contributed by atoms with Crippen molar-refractivity contribution in [3.63, 3.8) is 0 Å². The molecule has 1 heterocycles. The van der Waals surface area contributed by atoms with Gasteiger partial charge in [-0.15, -0.1) is 0 Å². The smallest absolute Gasteiger partial charge is 0.0511 e. The molecule has 2 nitrogen and oxygen atoms in total. The van der Waals surface area contributed by atoms with Crippen molar-refractivity contribution in [2.75, 3.05) is 0 Å². The Labute approximate surface area is 43.6 Å². The Morgan fingerprint density at radius 2 is 2.14 bits per heavy atom. The van der Waals surface area contributed by atoms with Crippen molar-refractivity contribution in [2.45, 2.75) is 19.4 Å². The summed E-state index contributed by atoms with van der Waals surface area (Å²) in [7, 11) is 0. The third-order valence-electron chi connectivity index (χ3n) is 0.978. The summed E-state index contributed by atoms with van der Waals surface area (Å²) < 4.78 is 0. The zero-order valence-electron chi connectivity index (χ0n) is 4.65. The summed E-state index contributed by atoms with van der Waals surface area (Å²) in [5, 5.41) is 0. The van der Waals surface area contributed by atoms with E-state index in [9.17, 15) is 0 Å². The van der Waals surface area contributed by atoms with Crippen molar-refractivity contribution in [3.05, 3.63) is 12.3 Å². The Balaban J connectivity index is 2.57. The van der Waals surface area contributed by atoms with Crippen LogP contribution < -0.4 is 10.9 Å². The third-order valence-corrected chi connectivity index (χ3v) is 0.978. The molecular formula is C5H10N2. The third kappa shape index (κ3) is 0.933. The van der Waals surface area contributed by atoms with Gasteiger partial charge in [-0.1, -0.05) is 0 Å². The average Bonchev–Trinajstić information content (AvgIpc) is 1.84. The molecule has 1 aliphatic rings. The van der Waals surface area contributed by atoms with Crippen molar-refractivity contribution in [3.8, 4) is 0 Å². The lowest BCUT2D eigenvalue weighted by atomic mass is 10.1. The summed E-state index contributed by atoms with van der Waals surface area (Å²) in [6.07, 6.45) is 3.98. The van der Waals surface area contributed by atoms with Crippen LogP contribution in [0, 0.1) is 0 Å². The SMILES string of the molecule is CC1(C)C=CNN1. The molecule has 1 rings (SSSR count). The quantitative estimate of drug-likeness (QED) is 0.458. The predicted molar refractivity (Wildman–Crippen MR) is 29.5 cm³/mol. The molecule has 0 saturated carbocycles. The molecule has 40 valence electrons. The minimum atomic E-state index is 0.153. The molecule has 0 amide bonds. The molecule has 0 bridgehead atoms. The molecule has 1 aliphatic heterocycles. The molecule has 0 fully saturated rings. The van der Waals surface area contributed by atoms with Crippen LogP contribution in [0.4, 0.5) is 0 Å². The summed E-state index contributed by atoms with van der Waals surface area (Å²) in [6.45, 7) is 4.20. The van der Waals surface area contributed by atoms with E-state index in [2.05, 4.69) is 30.8 Å². The Morgan fingerprint density at radius 3 is 2.29 bits per heavy atom. The summed E-state index contributed by atoms with van der Waals surface area (Å²) >= 11 is 0. The second-order valence-electron chi connectivity index (χ2n) is 2.32. The molecule has 0 unspecified atom stereocenters. The van der Waals surface area contributed by atoms with Crippen LogP contribution in [0.25, 0.3) is 0 Å². The maximum atomic E-state index is 3.03. The van der Waals surface area contributed by atoms with E-state index in [0.717, 1.165) is 0 Å². The van der Waals surface area contributed by atoms with Gasteiger partial charge >= 0.3 is 0 Å². The number of nitrogens with one attached hydrogen (secondary N) is 2. The van der Waals surface area contributed by atoms with Gasteiger partial charge in [0.2, 0.25) is 0 Å². The van der Waals surface area contributed by atoms with E-state index in [1.54, 1.807) is 0 Å². The van der Waals surface area contributed by atoms with E-state index in [4.69, 9.17) is 0 Å². The van der Waals surface area contributed by atoms with Gasteiger partial charge in [-0.3, -0.25) is 0 Å². The second kappa shape index (κ2) is 1.23. The van der Waals surface area contributed by atoms with Crippen LogP contribution in [0.5, 0.6) is 0 Å². The van der Waals surface area contributed by atoms with Crippen LogP contribution in [0.3, 0.4) is 0 Å². The largest absolute Gasteiger partial charge is 0.328 e. The lowest BCUT2D eigenvalue weighted by Gasteiger charge is -2.13. The van der Waals surface area contributed by atoms with Gasteiger partial charge in [0.15, 0.2) is 0 Å². The van der Waals surface area contributed by atoms with Crippen molar-refractivity contribution in [1.82, 2.24) is 10.9 Å². The molecule has 0 spiro atoms. The van der Waals surface area contributed by atoms with Crippen LogP contribution in [0.15, 0.2) is 12.3 Å². The van der Waals surface area contributed by atoms with Gasteiger partial charge in [-0.25, -0.2) is 5.43 Å². The zero-order chi connectivity index (χ0) is 5.33. The molecule has 0 aromatic carbocycles. The van der Waals surface area contributed by atoms with Crippen molar-refractivity contribution < 1.29 is 0 Å². The molecule has 2 heteroatoms. The average molecular weight is 98.1 g/mol. The highest BCUT2D eigenvalue weighted by atomic mass is 15.4. The maximum Gasteiger partial charge on any atom is 0.0511 e. The maximum absolute atomic E-state index is 3.03. The molecule has 0 radical (unpaired) electrons. The fourth-order valence-electron chi connectivity index (χ4n) is 0.519. The van der Waals surface area contributed by atoms with E-state index in [1.807, 2.05) is 6.20 Å². The lowest BCUT2D eigenvalue weighted by molar-refractivity contribution is 0.474. The Bertz CT molecular complexity index is 94.3. The molecule has 0 aliphatic carbocycles. The summed E-state index contributed by atoms with van der Waals surface area (Å²) in [5.74, 6) is 0. The first-order valence-corrected chi connectivity index (χ1v) is 2.41. The lowest BCUT2D eigenvalue weighted by Crippen LogP contribution is -2.38. The monoisotopic (exact) mass is 98.1 g/mol. The van der Waals surface area contributed by atoms with E-state index >= 15 is 0 Å². The highest BCUT2D eigenvalue weighted by molar-refractivity contribution is 5.04. The predicted octanol–water partition coefficient (Wildman–Crippen LogP) is 0.386. The molecular weight excluding hydrogens is 88.1 g/mol. The number of hydrogen-bond acceptors (Lipinski definition) is 2. The summed E-state index contributed by atoms with van der Waals surface area (Å²) in [4.78, 5) is 0. The van der Waals surface area contributed by atoms with Gasteiger partial charge in [0.05, 0.1) is 5.54 Å². The van der Waals surface area contributed by atoms with Gasteiger partial charge in [-0.2, -0.15) is 0 Å². The molecule has 0 aromatic heterocycles. The minimum absolute atomic E-state index is 0.153. The van der Waals surface area contributed by atoms with Gasteiger partial charge in [0, 0.05) is 6.20 Å². The Kier molecular flexibility index (Phi) is 0.820. The molecule has 7 heavy (non-hydrogen) atoms. The van der Waals surface area contributed by atoms with E-state index < -0.39 is 0 Å². The first-order chi connectivity index (χ1) is 3.21. The normalized spacial score (nSPS) is 24.9. The highest BCUT2D eigenvalue weighted by Gasteiger charge is 2.14. The number of hydrazine groups is 1. The second-order valence-corrected chi connectivity index (χ2v) is 2.32. The molecule has 0 aromatic rings. The van der Waals surface area contributed by atoms with Crippen molar-refractivity contribution in [1.29, 1.82) is 0 Å². The van der Waals surface area contributed by atoms with Crippen LogP contribution in [0.1, 0.15) is 13.8 Å². The first kappa shape index (κ1) is 4.65. The molecule has 2 N–H and O–H groups in total. The van der Waals surface area contributed by atoms with Crippen LogP contribution in [0.2, 0.25) is 0 Å². The van der Waals surface area contributed by atoms with Crippen molar-refractivity contribution in [2.24, 2.45) is 0 Å². The number of hydrogen-bond donors (Lipinski definition) is 2. The first-order valence-electron chi connectivity index (χ1n) is 2.41. The van der Waals surface area contributed by atoms with Crippen LogP contribution in [-0.4, -0.2) is 5.54 Å². The summed E-state index contributed by atoms with van der Waals surface area (Å²) in [5.41, 5.74) is 6.07. The zero-order valence-corrected chi connectivity index (χ0v) is 4.65. The Hall–Kier alpha value is -0.500. The Morgan fingerprint density at radius 1 is 1.43 bits per heavy atom. The van der Waals surface area contributed by atoms with Gasteiger partial charge in [0.1, 0.15) is 0 Å².